The van der Waals surface area contributed by atoms with Crippen LogP contribution < -0.4 is 5.73 Å². The van der Waals surface area contributed by atoms with E-state index in [0.717, 1.165) is 25.7 Å². The number of nitrogens with zero attached hydrogens (tertiary/aromatic N) is 2. The van der Waals surface area contributed by atoms with Crippen molar-refractivity contribution in [2.75, 3.05) is 19.6 Å². The van der Waals surface area contributed by atoms with E-state index < -0.39 is 11.9 Å². The first-order valence-corrected chi connectivity index (χ1v) is 9.50. The molecule has 0 aliphatic carbocycles. The van der Waals surface area contributed by atoms with Gasteiger partial charge in [-0.3, -0.25) is 14.4 Å². The van der Waals surface area contributed by atoms with Crippen molar-refractivity contribution in [1.29, 1.82) is 0 Å². The molecule has 2 heterocycles. The maximum Gasteiger partial charge on any atom is 0.253 e. The number of amides is 3. The van der Waals surface area contributed by atoms with Crippen LogP contribution in [0.3, 0.4) is 0 Å². The number of nitrogens with two attached hydrogens (primary N) is 1. The fourth-order valence-corrected chi connectivity index (χ4v) is 3.99. The Morgan fingerprint density at radius 3 is 2.42 bits per heavy atom. The average Bonchev–Trinajstić information content (AvgIpc) is 2.67. The molecular formula is C19H24ClN3O3. The van der Waals surface area contributed by atoms with Gasteiger partial charge in [-0.15, -0.1) is 0 Å². The van der Waals surface area contributed by atoms with E-state index in [0.29, 0.717) is 36.6 Å². The Kier molecular flexibility index (Phi) is 5.81. The number of halogens is 1. The van der Waals surface area contributed by atoms with Gasteiger partial charge in [-0.25, -0.2) is 0 Å². The van der Waals surface area contributed by atoms with E-state index in [2.05, 4.69) is 0 Å². The summed E-state index contributed by atoms with van der Waals surface area (Å²) in [6, 6.07) is 6.26. The summed E-state index contributed by atoms with van der Waals surface area (Å²) in [4.78, 5) is 40.7. The second-order valence-electron chi connectivity index (χ2n) is 7.04. The normalized spacial score (nSPS) is 23.6. The van der Waals surface area contributed by atoms with Crippen LogP contribution in [-0.2, 0) is 9.59 Å². The summed E-state index contributed by atoms with van der Waals surface area (Å²) in [5.41, 5.74) is 6.05. The number of primary amides is 1. The summed E-state index contributed by atoms with van der Waals surface area (Å²) in [7, 11) is 0. The number of benzene rings is 1. The first-order chi connectivity index (χ1) is 12.5. The predicted octanol–water partition coefficient (Wildman–Crippen LogP) is 2.06. The van der Waals surface area contributed by atoms with E-state index in [1.165, 1.54) is 0 Å². The van der Waals surface area contributed by atoms with Crippen LogP contribution in [0.2, 0.25) is 5.02 Å². The van der Waals surface area contributed by atoms with Crippen molar-refractivity contribution < 1.29 is 14.4 Å². The summed E-state index contributed by atoms with van der Waals surface area (Å²) in [5.74, 6) is -0.866. The van der Waals surface area contributed by atoms with Gasteiger partial charge in [0.15, 0.2) is 0 Å². The lowest BCUT2D eigenvalue weighted by atomic mass is 9.93. The zero-order chi connectivity index (χ0) is 18.7. The third kappa shape index (κ3) is 4.01. The molecule has 1 aromatic rings. The molecule has 0 bridgehead atoms. The minimum Gasteiger partial charge on any atom is -0.368 e. The largest absolute Gasteiger partial charge is 0.368 e. The molecule has 2 saturated heterocycles. The van der Waals surface area contributed by atoms with Gasteiger partial charge < -0.3 is 15.5 Å². The van der Waals surface area contributed by atoms with Gasteiger partial charge >= 0.3 is 0 Å². The standard InChI is InChI=1S/C19H24ClN3O3/c20-15-8-6-13(7-9-15)18(25)22-10-3-4-14(12-22)19(26)23-11-2-1-5-16(23)17(21)24/h6-9,14,16H,1-5,10-12H2,(H2,21,24). The Morgan fingerprint density at radius 2 is 1.73 bits per heavy atom. The Hall–Kier alpha value is -2.08. The molecule has 2 fully saturated rings. The van der Waals surface area contributed by atoms with Crippen LogP contribution in [0, 0.1) is 5.92 Å². The first kappa shape index (κ1) is 18.7. The topological polar surface area (TPSA) is 83.7 Å². The van der Waals surface area contributed by atoms with E-state index in [1.807, 2.05) is 0 Å². The van der Waals surface area contributed by atoms with Gasteiger partial charge in [0, 0.05) is 30.2 Å². The van der Waals surface area contributed by atoms with Crippen molar-refractivity contribution in [2.24, 2.45) is 11.7 Å². The summed E-state index contributed by atoms with van der Waals surface area (Å²) < 4.78 is 0. The number of likely N-dealkylation sites (tertiary alicyclic amines) is 2. The third-order valence-electron chi connectivity index (χ3n) is 5.26. The minimum atomic E-state index is -0.515. The molecule has 140 valence electrons. The fourth-order valence-electron chi connectivity index (χ4n) is 3.86. The van der Waals surface area contributed by atoms with Gasteiger partial charge in [-0.1, -0.05) is 11.6 Å². The molecular weight excluding hydrogens is 354 g/mol. The lowest BCUT2D eigenvalue weighted by molar-refractivity contribution is -0.145. The van der Waals surface area contributed by atoms with Gasteiger partial charge in [0.1, 0.15) is 6.04 Å². The lowest BCUT2D eigenvalue weighted by Crippen LogP contribution is -2.54. The van der Waals surface area contributed by atoms with Gasteiger partial charge in [0.2, 0.25) is 11.8 Å². The Balaban J connectivity index is 1.69. The van der Waals surface area contributed by atoms with Crippen LogP contribution in [0.15, 0.2) is 24.3 Å². The van der Waals surface area contributed by atoms with Crippen molar-refractivity contribution in [1.82, 2.24) is 9.80 Å². The molecule has 2 unspecified atom stereocenters. The molecule has 0 spiro atoms. The molecule has 6 nitrogen and oxygen atoms in total. The summed E-state index contributed by atoms with van der Waals surface area (Å²) in [6.07, 6.45) is 3.91. The zero-order valence-electron chi connectivity index (χ0n) is 14.7. The number of rotatable bonds is 3. The molecule has 0 radical (unpaired) electrons. The molecule has 26 heavy (non-hydrogen) atoms. The van der Waals surface area contributed by atoms with Crippen LogP contribution in [0.25, 0.3) is 0 Å². The molecule has 0 saturated carbocycles. The number of carbonyl (C=O) groups is 3. The smallest absolute Gasteiger partial charge is 0.253 e. The summed E-state index contributed by atoms with van der Waals surface area (Å²) in [5, 5.41) is 0.579. The van der Waals surface area contributed by atoms with Gasteiger partial charge in [0.25, 0.3) is 5.91 Å². The van der Waals surface area contributed by atoms with E-state index in [1.54, 1.807) is 34.1 Å². The fraction of sp³-hybridized carbons (Fsp3) is 0.526. The van der Waals surface area contributed by atoms with Crippen LogP contribution >= 0.6 is 11.6 Å². The third-order valence-corrected chi connectivity index (χ3v) is 5.52. The molecule has 2 atom stereocenters. The highest BCUT2D eigenvalue weighted by atomic mass is 35.5. The Morgan fingerprint density at radius 1 is 1.00 bits per heavy atom. The number of piperidine rings is 2. The Bertz CT molecular complexity index is 692. The highest BCUT2D eigenvalue weighted by Crippen LogP contribution is 2.25. The summed E-state index contributed by atoms with van der Waals surface area (Å²) >= 11 is 5.88. The van der Waals surface area contributed by atoms with Crippen molar-refractivity contribution in [2.45, 2.75) is 38.1 Å². The molecule has 3 rings (SSSR count). The summed E-state index contributed by atoms with van der Waals surface area (Å²) in [6.45, 7) is 1.57. The minimum absolute atomic E-state index is 0.0536. The van der Waals surface area contributed by atoms with Gasteiger partial charge in [-0.05, 0) is 56.4 Å². The average molecular weight is 378 g/mol. The highest BCUT2D eigenvalue weighted by molar-refractivity contribution is 6.30. The molecule has 1 aromatic carbocycles. The molecule has 3 amide bonds. The number of carbonyl (C=O) groups excluding carboxylic acids is 3. The van der Waals surface area contributed by atoms with E-state index in [9.17, 15) is 14.4 Å². The van der Waals surface area contributed by atoms with Crippen molar-refractivity contribution >= 4 is 29.3 Å². The quantitative estimate of drug-likeness (QED) is 0.875. The highest BCUT2D eigenvalue weighted by Gasteiger charge is 2.37. The van der Waals surface area contributed by atoms with Crippen LogP contribution in [0.5, 0.6) is 0 Å². The van der Waals surface area contributed by atoms with Gasteiger partial charge in [-0.2, -0.15) is 0 Å². The van der Waals surface area contributed by atoms with Gasteiger partial charge in [0.05, 0.1) is 5.92 Å². The van der Waals surface area contributed by atoms with E-state index >= 15 is 0 Å². The lowest BCUT2D eigenvalue weighted by Gasteiger charge is -2.39. The molecule has 2 aliphatic rings. The number of hydrogen-bond donors (Lipinski definition) is 1. The second-order valence-corrected chi connectivity index (χ2v) is 7.48. The molecule has 2 aliphatic heterocycles. The maximum absolute atomic E-state index is 13.0. The van der Waals surface area contributed by atoms with Crippen molar-refractivity contribution in [3.8, 4) is 0 Å². The Labute approximate surface area is 158 Å². The monoisotopic (exact) mass is 377 g/mol. The van der Waals surface area contributed by atoms with Crippen molar-refractivity contribution in [3.05, 3.63) is 34.9 Å². The SMILES string of the molecule is NC(=O)C1CCCCN1C(=O)C1CCCN(C(=O)c2ccc(Cl)cc2)C1. The molecule has 0 aromatic heterocycles. The van der Waals surface area contributed by atoms with Crippen LogP contribution in [0.1, 0.15) is 42.5 Å². The first-order valence-electron chi connectivity index (χ1n) is 9.12. The predicted molar refractivity (Wildman–Crippen MR) is 98.6 cm³/mol. The number of hydrogen-bond acceptors (Lipinski definition) is 3. The van der Waals surface area contributed by atoms with E-state index in [4.69, 9.17) is 17.3 Å². The second kappa shape index (κ2) is 8.08. The molecule has 2 N–H and O–H groups in total. The van der Waals surface area contributed by atoms with Crippen LogP contribution in [-0.4, -0.2) is 53.2 Å². The van der Waals surface area contributed by atoms with Crippen LogP contribution in [0.4, 0.5) is 0 Å². The van der Waals surface area contributed by atoms with Crippen molar-refractivity contribution in [3.63, 3.8) is 0 Å². The van der Waals surface area contributed by atoms with E-state index in [-0.39, 0.29) is 17.7 Å². The zero-order valence-corrected chi connectivity index (χ0v) is 15.5. The molecule has 7 heteroatoms. The maximum atomic E-state index is 13.0.